The molecule has 0 atom stereocenters. The smallest absolute Gasteiger partial charge is 0.119 e. The molecule has 0 aliphatic carbocycles. The number of H-pyrrole nitrogens is 1. The number of aromatic nitrogens is 2. The molecule has 2 aromatic carbocycles. The summed E-state index contributed by atoms with van der Waals surface area (Å²) in [6.07, 6.45) is 1.01. The van der Waals surface area contributed by atoms with Crippen LogP contribution in [0.3, 0.4) is 0 Å². The van der Waals surface area contributed by atoms with Gasteiger partial charge in [0, 0.05) is 42.9 Å². The summed E-state index contributed by atoms with van der Waals surface area (Å²) in [4.78, 5) is 2.48. The Morgan fingerprint density at radius 2 is 2.00 bits per heavy atom. The van der Waals surface area contributed by atoms with Gasteiger partial charge in [-0.05, 0) is 17.7 Å². The van der Waals surface area contributed by atoms with Gasteiger partial charge in [-0.2, -0.15) is 5.10 Å². The van der Waals surface area contributed by atoms with Gasteiger partial charge in [0.25, 0.3) is 0 Å². The fourth-order valence-corrected chi connectivity index (χ4v) is 3.34. The maximum atomic E-state index is 5.35. The topological polar surface area (TPSA) is 41.1 Å². The largest absolute Gasteiger partial charge is 0.497 e. The molecule has 4 nitrogen and oxygen atoms in total. The quantitative estimate of drug-likeness (QED) is 0.798. The lowest BCUT2D eigenvalue weighted by molar-refractivity contribution is 0.245. The highest BCUT2D eigenvalue weighted by molar-refractivity contribution is 5.65. The fourth-order valence-electron chi connectivity index (χ4n) is 3.34. The first-order valence-corrected chi connectivity index (χ1v) is 8.30. The predicted molar refractivity (Wildman–Crippen MR) is 94.8 cm³/mol. The fraction of sp³-hybridized carbons (Fsp3) is 0.250. The van der Waals surface area contributed by atoms with Crippen molar-refractivity contribution < 1.29 is 4.74 Å². The summed E-state index contributed by atoms with van der Waals surface area (Å²) in [5.74, 6) is 0.862. The minimum absolute atomic E-state index is 0.862. The second-order valence-corrected chi connectivity index (χ2v) is 6.21. The van der Waals surface area contributed by atoms with Crippen LogP contribution in [-0.2, 0) is 19.5 Å². The first-order chi connectivity index (χ1) is 11.8. The van der Waals surface area contributed by atoms with Crippen molar-refractivity contribution >= 4 is 0 Å². The van der Waals surface area contributed by atoms with Crippen molar-refractivity contribution in [1.29, 1.82) is 0 Å². The average Bonchev–Trinajstić information content (AvgIpc) is 3.06. The minimum atomic E-state index is 0.862. The molecule has 0 radical (unpaired) electrons. The summed E-state index contributed by atoms with van der Waals surface area (Å²) in [6.45, 7) is 2.96. The van der Waals surface area contributed by atoms with Crippen molar-refractivity contribution in [1.82, 2.24) is 15.1 Å². The van der Waals surface area contributed by atoms with Gasteiger partial charge in [-0.1, -0.05) is 42.5 Å². The standard InChI is InChI=1S/C20H21N3O/c1-24-17-9-5-8-16(12-17)20-18-14-23(11-10-19(18)21-22-20)13-15-6-3-2-4-7-15/h2-9,12H,10-11,13-14H2,1H3,(H,21,22). The van der Waals surface area contributed by atoms with Gasteiger partial charge in [-0.3, -0.25) is 10.00 Å². The monoisotopic (exact) mass is 319 g/mol. The first kappa shape index (κ1) is 15.0. The van der Waals surface area contributed by atoms with Crippen molar-refractivity contribution in [2.45, 2.75) is 19.5 Å². The third-order valence-corrected chi connectivity index (χ3v) is 4.60. The Morgan fingerprint density at radius 3 is 2.83 bits per heavy atom. The number of ether oxygens (including phenoxy) is 1. The van der Waals surface area contributed by atoms with E-state index in [9.17, 15) is 0 Å². The van der Waals surface area contributed by atoms with Gasteiger partial charge in [-0.15, -0.1) is 0 Å². The first-order valence-electron chi connectivity index (χ1n) is 8.30. The Bertz CT molecular complexity index is 826. The van der Waals surface area contributed by atoms with Gasteiger partial charge in [0.05, 0.1) is 12.8 Å². The van der Waals surface area contributed by atoms with Crippen LogP contribution in [0.2, 0.25) is 0 Å². The number of hydrogen-bond acceptors (Lipinski definition) is 3. The normalized spacial score (nSPS) is 14.4. The lowest BCUT2D eigenvalue weighted by Gasteiger charge is -2.27. The zero-order chi connectivity index (χ0) is 16.4. The van der Waals surface area contributed by atoms with Crippen LogP contribution in [0.1, 0.15) is 16.8 Å². The number of nitrogens with zero attached hydrogens (tertiary/aromatic N) is 2. The maximum Gasteiger partial charge on any atom is 0.119 e. The molecule has 3 aromatic rings. The highest BCUT2D eigenvalue weighted by Crippen LogP contribution is 2.30. The van der Waals surface area contributed by atoms with E-state index in [0.29, 0.717) is 0 Å². The number of methoxy groups -OCH3 is 1. The SMILES string of the molecule is COc1cccc(-c2n[nH]c3c2CN(Cc2ccccc2)CC3)c1. The van der Waals surface area contributed by atoms with Crippen molar-refractivity contribution in [2.24, 2.45) is 0 Å². The van der Waals surface area contributed by atoms with Crippen LogP contribution in [-0.4, -0.2) is 28.8 Å². The van der Waals surface area contributed by atoms with Crippen LogP contribution in [0.5, 0.6) is 5.75 Å². The summed E-state index contributed by atoms with van der Waals surface area (Å²) in [7, 11) is 1.70. The van der Waals surface area contributed by atoms with E-state index in [1.54, 1.807) is 7.11 Å². The molecule has 122 valence electrons. The lowest BCUT2D eigenvalue weighted by Crippen LogP contribution is -2.29. The molecule has 2 heterocycles. The van der Waals surface area contributed by atoms with Gasteiger partial charge in [-0.25, -0.2) is 0 Å². The second kappa shape index (κ2) is 6.49. The zero-order valence-corrected chi connectivity index (χ0v) is 13.8. The number of hydrogen-bond donors (Lipinski definition) is 1. The summed E-state index contributed by atoms with van der Waals surface area (Å²) >= 11 is 0. The molecule has 1 aromatic heterocycles. The Hall–Kier alpha value is -2.59. The van der Waals surface area contributed by atoms with Crippen molar-refractivity contribution in [3.63, 3.8) is 0 Å². The van der Waals surface area contributed by atoms with E-state index in [4.69, 9.17) is 4.74 Å². The van der Waals surface area contributed by atoms with Gasteiger partial charge in [0.15, 0.2) is 0 Å². The molecule has 0 fully saturated rings. The molecule has 0 saturated carbocycles. The van der Waals surface area contributed by atoms with Crippen LogP contribution in [0.15, 0.2) is 54.6 Å². The summed E-state index contributed by atoms with van der Waals surface area (Å²) in [6, 6.07) is 18.8. The summed E-state index contributed by atoms with van der Waals surface area (Å²) < 4.78 is 5.35. The van der Waals surface area contributed by atoms with Crippen LogP contribution in [0, 0.1) is 0 Å². The molecule has 4 heteroatoms. The zero-order valence-electron chi connectivity index (χ0n) is 13.8. The minimum Gasteiger partial charge on any atom is -0.497 e. The number of benzene rings is 2. The summed E-state index contributed by atoms with van der Waals surface area (Å²) in [5.41, 5.74) is 6.07. The van der Waals surface area contributed by atoms with E-state index in [2.05, 4.69) is 51.5 Å². The van der Waals surface area contributed by atoms with E-state index < -0.39 is 0 Å². The van der Waals surface area contributed by atoms with E-state index in [-0.39, 0.29) is 0 Å². The molecule has 1 aliphatic heterocycles. The maximum absolute atomic E-state index is 5.35. The number of nitrogens with one attached hydrogen (secondary N) is 1. The molecule has 0 unspecified atom stereocenters. The highest BCUT2D eigenvalue weighted by Gasteiger charge is 2.22. The Morgan fingerprint density at radius 1 is 1.12 bits per heavy atom. The Balaban J connectivity index is 1.60. The van der Waals surface area contributed by atoms with Gasteiger partial charge in [0.2, 0.25) is 0 Å². The molecule has 4 rings (SSSR count). The van der Waals surface area contributed by atoms with Crippen molar-refractivity contribution in [3.05, 3.63) is 71.4 Å². The number of aromatic amines is 1. The van der Waals surface area contributed by atoms with E-state index in [1.807, 2.05) is 18.2 Å². The molecule has 0 saturated heterocycles. The second-order valence-electron chi connectivity index (χ2n) is 6.21. The molecule has 1 N–H and O–H groups in total. The molecule has 0 bridgehead atoms. The Kier molecular flexibility index (Phi) is 4.05. The van der Waals surface area contributed by atoms with Crippen LogP contribution in [0.25, 0.3) is 11.3 Å². The van der Waals surface area contributed by atoms with Gasteiger partial charge >= 0.3 is 0 Å². The van der Waals surface area contributed by atoms with Crippen LogP contribution >= 0.6 is 0 Å². The highest BCUT2D eigenvalue weighted by atomic mass is 16.5. The predicted octanol–water partition coefficient (Wildman–Crippen LogP) is 3.64. The molecule has 24 heavy (non-hydrogen) atoms. The van der Waals surface area contributed by atoms with E-state index in [0.717, 1.165) is 43.1 Å². The lowest BCUT2D eigenvalue weighted by atomic mass is 10.0. The van der Waals surface area contributed by atoms with Gasteiger partial charge in [0.1, 0.15) is 5.75 Å². The van der Waals surface area contributed by atoms with Crippen molar-refractivity contribution in [3.8, 4) is 17.0 Å². The third-order valence-electron chi connectivity index (χ3n) is 4.60. The molecule has 1 aliphatic rings. The van der Waals surface area contributed by atoms with Gasteiger partial charge < -0.3 is 4.74 Å². The number of rotatable bonds is 4. The number of fused-ring (bicyclic) bond motifs is 1. The van der Waals surface area contributed by atoms with Crippen molar-refractivity contribution in [2.75, 3.05) is 13.7 Å². The van der Waals surface area contributed by atoms with Crippen LogP contribution < -0.4 is 4.74 Å². The summed E-state index contributed by atoms with van der Waals surface area (Å²) in [5, 5.41) is 7.81. The third kappa shape index (κ3) is 2.93. The molecular formula is C20H21N3O. The Labute approximate surface area is 142 Å². The van der Waals surface area contributed by atoms with E-state index in [1.165, 1.54) is 16.8 Å². The molecule has 0 amide bonds. The molecular weight excluding hydrogens is 298 g/mol. The van der Waals surface area contributed by atoms with E-state index >= 15 is 0 Å². The molecule has 0 spiro atoms. The average molecular weight is 319 g/mol. The van der Waals surface area contributed by atoms with Crippen LogP contribution in [0.4, 0.5) is 0 Å².